The number of halogens is 1. The first-order valence-electron chi connectivity index (χ1n) is 6.06. The number of rotatable bonds is 3. The third kappa shape index (κ3) is 3.06. The van der Waals surface area contributed by atoms with Crippen molar-refractivity contribution in [1.29, 1.82) is 0 Å². The highest BCUT2D eigenvalue weighted by atomic mass is 35.5. The molecule has 0 unspecified atom stereocenters. The lowest BCUT2D eigenvalue weighted by molar-refractivity contribution is 0.102. The lowest BCUT2D eigenvalue weighted by Gasteiger charge is -2.09. The molecule has 0 bridgehead atoms. The molecule has 0 saturated heterocycles. The zero-order valence-corrected chi connectivity index (χ0v) is 11.4. The number of carbonyl (C=O) groups is 1. The van der Waals surface area contributed by atoms with Crippen molar-refractivity contribution < 1.29 is 4.79 Å². The van der Waals surface area contributed by atoms with Crippen molar-refractivity contribution in [1.82, 2.24) is 0 Å². The third-order valence-electron chi connectivity index (χ3n) is 2.90. The molecule has 98 valence electrons. The zero-order valence-electron chi connectivity index (χ0n) is 10.6. The Morgan fingerprint density at radius 3 is 2.68 bits per heavy atom. The van der Waals surface area contributed by atoms with Crippen molar-refractivity contribution in [2.45, 2.75) is 13.3 Å². The van der Waals surface area contributed by atoms with Gasteiger partial charge in [-0.25, -0.2) is 0 Å². The standard InChI is InChI=1S/C15H15ClN2O/c1-2-10-5-3-4-6-12(10)15(19)18-11-7-8-13(16)14(17)9-11/h3-9H,2,17H2,1H3,(H,18,19). The van der Waals surface area contributed by atoms with Crippen molar-refractivity contribution in [3.63, 3.8) is 0 Å². The number of benzene rings is 2. The van der Waals surface area contributed by atoms with Gasteiger partial charge in [0.15, 0.2) is 0 Å². The van der Waals surface area contributed by atoms with Crippen molar-refractivity contribution in [2.75, 3.05) is 11.1 Å². The number of hydrogen-bond acceptors (Lipinski definition) is 2. The molecule has 3 N–H and O–H groups in total. The first kappa shape index (κ1) is 13.4. The largest absolute Gasteiger partial charge is 0.397 e. The van der Waals surface area contributed by atoms with Crippen LogP contribution in [-0.4, -0.2) is 5.91 Å². The molecule has 0 spiro atoms. The Balaban J connectivity index is 2.23. The first-order valence-corrected chi connectivity index (χ1v) is 6.44. The summed E-state index contributed by atoms with van der Waals surface area (Å²) >= 11 is 5.84. The number of anilines is 2. The molecular formula is C15H15ClN2O. The molecule has 0 fully saturated rings. The predicted molar refractivity (Wildman–Crippen MR) is 79.6 cm³/mol. The highest BCUT2D eigenvalue weighted by Crippen LogP contribution is 2.23. The van der Waals surface area contributed by atoms with Gasteiger partial charge in [0.1, 0.15) is 0 Å². The third-order valence-corrected chi connectivity index (χ3v) is 3.24. The van der Waals surface area contributed by atoms with Gasteiger partial charge in [-0.2, -0.15) is 0 Å². The van der Waals surface area contributed by atoms with Gasteiger partial charge in [0.05, 0.1) is 10.7 Å². The Labute approximate surface area is 117 Å². The average molecular weight is 275 g/mol. The van der Waals surface area contributed by atoms with E-state index < -0.39 is 0 Å². The molecule has 0 aliphatic rings. The smallest absolute Gasteiger partial charge is 0.255 e. The van der Waals surface area contributed by atoms with Gasteiger partial charge in [0.25, 0.3) is 5.91 Å². The number of nitrogens with one attached hydrogen (secondary N) is 1. The van der Waals surface area contributed by atoms with E-state index in [1.807, 2.05) is 31.2 Å². The molecule has 0 saturated carbocycles. The quantitative estimate of drug-likeness (QED) is 0.838. The summed E-state index contributed by atoms with van der Waals surface area (Å²) in [6.07, 6.45) is 0.812. The fraction of sp³-hybridized carbons (Fsp3) is 0.133. The maximum atomic E-state index is 12.2. The Morgan fingerprint density at radius 1 is 1.26 bits per heavy atom. The van der Waals surface area contributed by atoms with Crippen LogP contribution in [0.1, 0.15) is 22.8 Å². The molecule has 0 aromatic heterocycles. The maximum Gasteiger partial charge on any atom is 0.255 e. The minimum atomic E-state index is -0.140. The van der Waals surface area contributed by atoms with E-state index in [4.69, 9.17) is 17.3 Å². The normalized spacial score (nSPS) is 10.2. The summed E-state index contributed by atoms with van der Waals surface area (Å²) in [5, 5.41) is 3.30. The monoisotopic (exact) mass is 274 g/mol. The molecule has 4 heteroatoms. The van der Waals surface area contributed by atoms with E-state index >= 15 is 0 Å². The number of amides is 1. The number of nitrogens with two attached hydrogens (primary N) is 1. The van der Waals surface area contributed by atoms with Gasteiger partial charge in [-0.1, -0.05) is 36.7 Å². The molecule has 0 radical (unpaired) electrons. The van der Waals surface area contributed by atoms with E-state index in [2.05, 4.69) is 5.32 Å². The topological polar surface area (TPSA) is 55.1 Å². The minimum Gasteiger partial charge on any atom is -0.397 e. The van der Waals surface area contributed by atoms with E-state index in [9.17, 15) is 4.79 Å². The van der Waals surface area contributed by atoms with Gasteiger partial charge in [-0.15, -0.1) is 0 Å². The lowest BCUT2D eigenvalue weighted by Crippen LogP contribution is -2.14. The number of aryl methyl sites for hydroxylation is 1. The maximum absolute atomic E-state index is 12.2. The van der Waals surface area contributed by atoms with Crippen LogP contribution in [0.3, 0.4) is 0 Å². The Kier molecular flexibility index (Phi) is 4.07. The van der Waals surface area contributed by atoms with Crippen LogP contribution in [0.2, 0.25) is 5.02 Å². The Hall–Kier alpha value is -2.00. The van der Waals surface area contributed by atoms with E-state index in [0.717, 1.165) is 12.0 Å². The van der Waals surface area contributed by atoms with Crippen LogP contribution in [0.5, 0.6) is 0 Å². The van der Waals surface area contributed by atoms with Crippen LogP contribution in [0.4, 0.5) is 11.4 Å². The lowest BCUT2D eigenvalue weighted by atomic mass is 10.0. The summed E-state index contributed by atoms with van der Waals surface area (Å²) in [4.78, 5) is 12.2. The Bertz CT molecular complexity index is 611. The first-order chi connectivity index (χ1) is 9.11. The zero-order chi connectivity index (χ0) is 13.8. The molecule has 2 aromatic rings. The van der Waals surface area contributed by atoms with Gasteiger partial charge < -0.3 is 11.1 Å². The SMILES string of the molecule is CCc1ccccc1C(=O)Nc1ccc(Cl)c(N)c1. The van der Waals surface area contributed by atoms with Crippen LogP contribution in [0.15, 0.2) is 42.5 Å². The van der Waals surface area contributed by atoms with Crippen molar-refractivity contribution >= 4 is 28.9 Å². The highest BCUT2D eigenvalue weighted by Gasteiger charge is 2.10. The van der Waals surface area contributed by atoms with Crippen LogP contribution in [0.25, 0.3) is 0 Å². The molecule has 0 heterocycles. The highest BCUT2D eigenvalue weighted by molar-refractivity contribution is 6.33. The summed E-state index contributed by atoms with van der Waals surface area (Å²) in [6.45, 7) is 2.02. The number of carbonyl (C=O) groups excluding carboxylic acids is 1. The predicted octanol–water partition coefficient (Wildman–Crippen LogP) is 3.74. The Morgan fingerprint density at radius 2 is 2.00 bits per heavy atom. The van der Waals surface area contributed by atoms with Gasteiger partial charge in [-0.3, -0.25) is 4.79 Å². The molecular weight excluding hydrogens is 260 g/mol. The molecule has 2 rings (SSSR count). The fourth-order valence-electron chi connectivity index (χ4n) is 1.87. The number of nitrogen functional groups attached to an aromatic ring is 1. The second kappa shape index (κ2) is 5.76. The second-order valence-electron chi connectivity index (χ2n) is 4.20. The average Bonchev–Trinajstić information content (AvgIpc) is 2.43. The van der Waals surface area contributed by atoms with Gasteiger partial charge in [-0.05, 0) is 36.2 Å². The molecule has 3 nitrogen and oxygen atoms in total. The van der Waals surface area contributed by atoms with Gasteiger partial charge in [0, 0.05) is 11.3 Å². The van der Waals surface area contributed by atoms with Crippen LogP contribution < -0.4 is 11.1 Å². The van der Waals surface area contributed by atoms with Crippen molar-refractivity contribution in [3.05, 3.63) is 58.6 Å². The molecule has 2 aromatic carbocycles. The van der Waals surface area contributed by atoms with Crippen LogP contribution in [0, 0.1) is 0 Å². The van der Waals surface area contributed by atoms with Gasteiger partial charge >= 0.3 is 0 Å². The van der Waals surface area contributed by atoms with Gasteiger partial charge in [0.2, 0.25) is 0 Å². The fourth-order valence-corrected chi connectivity index (χ4v) is 1.99. The molecule has 0 aliphatic heterocycles. The van der Waals surface area contributed by atoms with Crippen molar-refractivity contribution in [2.24, 2.45) is 0 Å². The van der Waals surface area contributed by atoms with E-state index in [-0.39, 0.29) is 5.91 Å². The second-order valence-corrected chi connectivity index (χ2v) is 4.61. The summed E-state index contributed by atoms with van der Waals surface area (Å²) in [5.74, 6) is -0.140. The van der Waals surface area contributed by atoms with Crippen LogP contribution >= 0.6 is 11.6 Å². The number of hydrogen-bond donors (Lipinski definition) is 2. The molecule has 0 aliphatic carbocycles. The van der Waals surface area contributed by atoms with Crippen molar-refractivity contribution in [3.8, 4) is 0 Å². The summed E-state index contributed by atoms with van der Waals surface area (Å²) in [7, 11) is 0. The van der Waals surface area contributed by atoms with E-state index in [0.29, 0.717) is 22.0 Å². The summed E-state index contributed by atoms with van der Waals surface area (Å²) < 4.78 is 0. The molecule has 0 atom stereocenters. The summed E-state index contributed by atoms with van der Waals surface area (Å²) in [6, 6.07) is 12.6. The minimum absolute atomic E-state index is 0.140. The van der Waals surface area contributed by atoms with E-state index in [1.165, 1.54) is 0 Å². The molecule has 1 amide bonds. The van der Waals surface area contributed by atoms with E-state index in [1.54, 1.807) is 18.2 Å². The molecule has 19 heavy (non-hydrogen) atoms. The van der Waals surface area contributed by atoms with Crippen LogP contribution in [-0.2, 0) is 6.42 Å². The summed E-state index contributed by atoms with van der Waals surface area (Å²) in [5.41, 5.74) is 8.49.